The molecule has 2 aromatic carbocycles. The fourth-order valence-electron chi connectivity index (χ4n) is 10.7. The number of likely N-dealkylation sites (tertiary alicyclic amines) is 1. The molecule has 4 fully saturated rings. The molecule has 4 aliphatic heterocycles. The molecule has 1 aliphatic carbocycles. The number of aromatic nitrogens is 2. The van der Waals surface area contributed by atoms with Crippen LogP contribution in [0.5, 0.6) is 5.75 Å². The maximum absolute atomic E-state index is 14.4. The topological polar surface area (TPSA) is 210 Å². The number of hydrogen-bond acceptors (Lipinski definition) is 13. The molecule has 16 nitrogen and oxygen atoms in total. The molecule has 61 heavy (non-hydrogen) atoms. The number of carbonyl (C=O) groups excluding carboxylic acids is 5. The van der Waals surface area contributed by atoms with Gasteiger partial charge in [-0.1, -0.05) is 27.7 Å². The van der Waals surface area contributed by atoms with Crippen LogP contribution in [0.4, 0.5) is 11.6 Å². The number of piperazine rings is 1. The van der Waals surface area contributed by atoms with Crippen LogP contribution in [0.3, 0.4) is 0 Å². The van der Waals surface area contributed by atoms with E-state index in [1.54, 1.807) is 18.2 Å². The molecule has 5 amide bonds. The minimum Gasteiger partial charge on any atom is -0.489 e. The maximum Gasteiger partial charge on any atom is 0.262 e. The van der Waals surface area contributed by atoms with E-state index in [2.05, 4.69) is 24.7 Å². The minimum atomic E-state index is -1.13. The van der Waals surface area contributed by atoms with Crippen LogP contribution in [-0.4, -0.2) is 118 Å². The molecule has 0 bridgehead atoms. The number of nitriles is 2. The van der Waals surface area contributed by atoms with Crippen molar-refractivity contribution >= 4 is 41.2 Å². The lowest BCUT2D eigenvalue weighted by atomic mass is 9.48. The molecular weight excluding hydrogens is 777 g/mol. The Morgan fingerprint density at radius 3 is 2.10 bits per heavy atom. The molecule has 3 saturated heterocycles. The van der Waals surface area contributed by atoms with E-state index in [1.807, 2.05) is 45.9 Å². The van der Waals surface area contributed by atoms with Crippen LogP contribution in [0.1, 0.15) is 102 Å². The quantitative estimate of drug-likeness (QED) is 0.289. The Balaban J connectivity index is 0.869. The first-order chi connectivity index (χ1) is 29.1. The summed E-state index contributed by atoms with van der Waals surface area (Å²) in [5, 5.41) is 18.9. The Bertz CT molecular complexity index is 2350. The van der Waals surface area contributed by atoms with Gasteiger partial charge in [-0.05, 0) is 74.5 Å². The third kappa shape index (κ3) is 7.33. The van der Waals surface area contributed by atoms with Crippen LogP contribution in [-0.2, 0) is 9.59 Å². The van der Waals surface area contributed by atoms with Crippen LogP contribution in [0, 0.1) is 39.4 Å². The van der Waals surface area contributed by atoms with Crippen molar-refractivity contribution in [1.82, 2.24) is 24.7 Å². The van der Waals surface area contributed by atoms with Crippen molar-refractivity contribution in [3.05, 3.63) is 76.6 Å². The van der Waals surface area contributed by atoms with Gasteiger partial charge in [0.25, 0.3) is 23.6 Å². The molecule has 1 saturated carbocycles. The molecule has 0 radical (unpaired) electrons. The number of piperidine rings is 2. The van der Waals surface area contributed by atoms with Crippen molar-refractivity contribution in [3.8, 4) is 17.9 Å². The van der Waals surface area contributed by atoms with Crippen molar-refractivity contribution < 1.29 is 28.7 Å². The Kier molecular flexibility index (Phi) is 10.8. The third-order valence-electron chi connectivity index (χ3n) is 13.6. The molecule has 8 rings (SSSR count). The van der Waals surface area contributed by atoms with Crippen molar-refractivity contribution in [1.29, 1.82) is 10.5 Å². The first-order valence-electron chi connectivity index (χ1n) is 21.0. The number of primary amides is 1. The van der Waals surface area contributed by atoms with Crippen molar-refractivity contribution in [2.45, 2.75) is 78.0 Å². The highest BCUT2D eigenvalue weighted by Gasteiger charge is 2.68. The molecule has 2 N–H and O–H groups in total. The summed E-state index contributed by atoms with van der Waals surface area (Å²) in [4.78, 5) is 85.2. The number of ether oxygens (including phenoxy) is 1. The lowest BCUT2D eigenvalue weighted by molar-refractivity contribution is -0.216. The molecule has 3 aromatic rings. The summed E-state index contributed by atoms with van der Waals surface area (Å²) in [6.07, 6.45) is 5.69. The van der Waals surface area contributed by atoms with Gasteiger partial charge in [-0.15, -0.1) is 0 Å². The van der Waals surface area contributed by atoms with Gasteiger partial charge in [0.15, 0.2) is 0 Å². The van der Waals surface area contributed by atoms with Crippen LogP contribution in [0.2, 0.25) is 0 Å². The maximum atomic E-state index is 14.4. The van der Waals surface area contributed by atoms with Crippen molar-refractivity contribution in [2.24, 2.45) is 22.5 Å². The second-order valence-electron chi connectivity index (χ2n) is 18.0. The minimum absolute atomic E-state index is 0.00309. The van der Waals surface area contributed by atoms with Crippen molar-refractivity contribution in [2.75, 3.05) is 55.6 Å². The molecule has 0 spiro atoms. The van der Waals surface area contributed by atoms with E-state index < -0.39 is 52.6 Å². The van der Waals surface area contributed by atoms with E-state index in [0.717, 1.165) is 75.7 Å². The number of nitrogens with two attached hydrogens (primary N) is 1. The van der Waals surface area contributed by atoms with Crippen molar-refractivity contribution in [3.63, 3.8) is 0 Å². The van der Waals surface area contributed by atoms with Gasteiger partial charge < -0.3 is 20.3 Å². The Labute approximate surface area is 354 Å². The number of fused-ring (bicyclic) bond motifs is 1. The van der Waals surface area contributed by atoms with Gasteiger partial charge in [0.05, 0.1) is 33.9 Å². The summed E-state index contributed by atoms with van der Waals surface area (Å²) < 4.78 is 6.40. The van der Waals surface area contributed by atoms with Gasteiger partial charge in [0.2, 0.25) is 11.9 Å². The number of amides is 5. The number of benzene rings is 2. The predicted molar refractivity (Wildman–Crippen MR) is 222 cm³/mol. The highest BCUT2D eigenvalue weighted by atomic mass is 16.5. The lowest BCUT2D eigenvalue weighted by Gasteiger charge is -2.65. The highest BCUT2D eigenvalue weighted by molar-refractivity contribution is 6.23. The number of nitrogens with zero attached hydrogens (tertiary/aromatic N) is 9. The number of hydrogen-bond donors (Lipinski definition) is 1. The van der Waals surface area contributed by atoms with E-state index in [0.29, 0.717) is 23.2 Å². The highest BCUT2D eigenvalue weighted by Crippen LogP contribution is 2.58. The standard InChI is InChI=1S/C45H50N10O6/c1-44(2)41(45(3,4)42(44)61-32-7-5-28(23-46)29(21-32)24-47)55-36(56)10-9-35(40(55)60)54-38(58)33-8-6-31(22-34(33)39(54)59)52-19-17-51(18-20-52)14-11-27-12-15-53(16-13-27)43-49-25-30(26-50-43)37(48)57/h5-8,21-22,25-27,35,41-42H,9-20H2,1-4H3,(H2,48,57). The summed E-state index contributed by atoms with van der Waals surface area (Å²) in [6, 6.07) is 12.3. The van der Waals surface area contributed by atoms with Gasteiger partial charge in [-0.2, -0.15) is 10.5 Å². The Morgan fingerprint density at radius 2 is 1.46 bits per heavy atom. The molecule has 1 unspecified atom stereocenters. The Morgan fingerprint density at radius 1 is 0.803 bits per heavy atom. The van der Waals surface area contributed by atoms with E-state index in [4.69, 9.17) is 10.5 Å². The van der Waals surface area contributed by atoms with Gasteiger partial charge in [0, 0.05) is 74.6 Å². The fourth-order valence-corrected chi connectivity index (χ4v) is 10.7. The second kappa shape index (κ2) is 15.9. The van der Waals surface area contributed by atoms with Gasteiger partial charge in [-0.3, -0.25) is 38.7 Å². The van der Waals surface area contributed by atoms with Gasteiger partial charge >= 0.3 is 0 Å². The van der Waals surface area contributed by atoms with E-state index in [1.165, 1.54) is 29.4 Å². The number of carbonyl (C=O) groups is 5. The summed E-state index contributed by atoms with van der Waals surface area (Å²) in [7, 11) is 0. The third-order valence-corrected chi connectivity index (χ3v) is 13.6. The first kappa shape index (κ1) is 41.3. The molecular formula is C45H50N10O6. The molecule has 5 heterocycles. The summed E-state index contributed by atoms with van der Waals surface area (Å²) in [6.45, 7) is 13.6. The average Bonchev–Trinajstić information content (AvgIpc) is 3.51. The predicted octanol–water partition coefficient (Wildman–Crippen LogP) is 3.74. The van der Waals surface area contributed by atoms with E-state index in [-0.39, 0.29) is 41.0 Å². The summed E-state index contributed by atoms with van der Waals surface area (Å²) in [5.41, 5.74) is 5.91. The molecule has 316 valence electrons. The van der Waals surface area contributed by atoms with E-state index in [9.17, 15) is 34.5 Å². The number of anilines is 2. The van der Waals surface area contributed by atoms with Crippen LogP contribution in [0.15, 0.2) is 48.8 Å². The van der Waals surface area contributed by atoms with Gasteiger partial charge in [-0.25, -0.2) is 9.97 Å². The summed E-state index contributed by atoms with van der Waals surface area (Å²) >= 11 is 0. The molecule has 16 heteroatoms. The molecule has 5 aliphatic rings. The average molecular weight is 827 g/mol. The molecule has 1 atom stereocenters. The second-order valence-corrected chi connectivity index (χ2v) is 18.0. The van der Waals surface area contributed by atoms with E-state index >= 15 is 0 Å². The van der Waals surface area contributed by atoms with Crippen LogP contribution >= 0.6 is 0 Å². The molecule has 1 aromatic heterocycles. The fraction of sp³-hybridized carbons (Fsp3) is 0.489. The first-order valence-corrected chi connectivity index (χ1v) is 21.0. The zero-order valence-electron chi connectivity index (χ0n) is 35.0. The Hall–Kier alpha value is -6.39. The van der Waals surface area contributed by atoms with Gasteiger partial charge in [0.1, 0.15) is 30.0 Å². The monoisotopic (exact) mass is 826 g/mol. The normalized spacial score (nSPS) is 23.9. The number of imide groups is 2. The zero-order valence-corrected chi connectivity index (χ0v) is 35.0. The smallest absolute Gasteiger partial charge is 0.262 e. The SMILES string of the molecule is CC1(C)C(Oc2ccc(C#N)c(C#N)c2)C(C)(C)C1N1C(=O)CCC(N2C(=O)c3ccc(N4CCN(CCC5CCN(c6ncc(C(N)=O)cn6)CC5)CC4)cc3C2=O)C1=O. The number of rotatable bonds is 10. The van der Waals surface area contributed by atoms with Crippen LogP contribution in [0.25, 0.3) is 0 Å². The summed E-state index contributed by atoms with van der Waals surface area (Å²) in [5.74, 6) is -0.931. The lowest BCUT2D eigenvalue weighted by Crippen LogP contribution is -2.77. The zero-order chi connectivity index (χ0) is 43.4. The largest absolute Gasteiger partial charge is 0.489 e. The van der Waals surface area contributed by atoms with Crippen LogP contribution < -0.4 is 20.3 Å².